The van der Waals surface area contributed by atoms with Crippen LogP contribution in [-0.2, 0) is 14.3 Å². The van der Waals surface area contributed by atoms with Crippen LogP contribution in [0.4, 0.5) is 5.69 Å². The molecule has 5 nitrogen and oxygen atoms in total. The number of ether oxygens (including phenoxy) is 2. The summed E-state index contributed by atoms with van der Waals surface area (Å²) in [5.74, 6) is -1.16. The molecule has 88 valence electrons. The highest BCUT2D eigenvalue weighted by Crippen LogP contribution is 2.24. The Morgan fingerprint density at radius 3 is 2.56 bits per heavy atom. The molecule has 6 heteroatoms. The lowest BCUT2D eigenvalue weighted by Gasteiger charge is -2.09. The van der Waals surface area contributed by atoms with Crippen molar-refractivity contribution >= 4 is 29.0 Å². The third-order valence-corrected chi connectivity index (χ3v) is 3.02. The molecule has 1 unspecified atom stereocenters. The van der Waals surface area contributed by atoms with Crippen molar-refractivity contribution in [3.8, 4) is 0 Å². The summed E-state index contributed by atoms with van der Waals surface area (Å²) in [4.78, 5) is 23.8. The quantitative estimate of drug-likeness (QED) is 0.811. The molecule has 1 aromatic rings. The number of hydrogen-bond acceptors (Lipinski definition) is 6. The Labute approximate surface area is 97.2 Å². The number of rotatable bonds is 3. The average Bonchev–Trinajstić information content (AvgIpc) is 2.58. The van der Waals surface area contributed by atoms with Gasteiger partial charge in [0.25, 0.3) is 0 Å². The molecule has 16 heavy (non-hydrogen) atoms. The number of methoxy groups -OCH3 is 1. The summed E-state index contributed by atoms with van der Waals surface area (Å²) in [6.45, 7) is 3.26. The Hall–Kier alpha value is -1.56. The number of aryl methyl sites for hydroxylation is 1. The maximum Gasteiger partial charge on any atom is 0.349 e. The molecule has 0 saturated carbocycles. The van der Waals surface area contributed by atoms with Gasteiger partial charge in [-0.2, -0.15) is 0 Å². The van der Waals surface area contributed by atoms with Crippen LogP contribution in [0.3, 0.4) is 0 Å². The Balaban J connectivity index is 2.69. The van der Waals surface area contributed by atoms with Crippen LogP contribution in [-0.4, -0.2) is 25.2 Å². The number of esters is 2. The first kappa shape index (κ1) is 12.5. The highest BCUT2D eigenvalue weighted by atomic mass is 32.1. The van der Waals surface area contributed by atoms with Gasteiger partial charge in [0.15, 0.2) is 6.10 Å². The monoisotopic (exact) mass is 243 g/mol. The van der Waals surface area contributed by atoms with Crippen LogP contribution in [0.15, 0.2) is 6.07 Å². The van der Waals surface area contributed by atoms with Crippen LogP contribution in [0.25, 0.3) is 0 Å². The van der Waals surface area contributed by atoms with E-state index < -0.39 is 18.0 Å². The number of anilines is 1. The number of carbonyl (C=O) groups excluding carboxylic acids is 2. The van der Waals surface area contributed by atoms with Crippen molar-refractivity contribution in [3.05, 3.63) is 15.8 Å². The normalized spacial score (nSPS) is 11.9. The van der Waals surface area contributed by atoms with Crippen molar-refractivity contribution in [1.29, 1.82) is 0 Å². The largest absolute Gasteiger partial charge is 0.466 e. The number of nitrogen functional groups attached to an aromatic ring is 1. The van der Waals surface area contributed by atoms with Crippen molar-refractivity contribution in [2.75, 3.05) is 12.8 Å². The predicted molar refractivity (Wildman–Crippen MR) is 60.4 cm³/mol. The van der Waals surface area contributed by atoms with Crippen LogP contribution < -0.4 is 5.73 Å². The molecular weight excluding hydrogens is 230 g/mol. The van der Waals surface area contributed by atoms with E-state index in [2.05, 4.69) is 4.74 Å². The third-order valence-electron chi connectivity index (χ3n) is 1.97. The van der Waals surface area contributed by atoms with Crippen LogP contribution in [0.1, 0.15) is 21.5 Å². The maximum absolute atomic E-state index is 11.6. The number of thiophene rings is 1. The predicted octanol–water partition coefficient (Wildman–Crippen LogP) is 1.36. The van der Waals surface area contributed by atoms with Gasteiger partial charge in [-0.1, -0.05) is 0 Å². The van der Waals surface area contributed by atoms with Crippen LogP contribution in [0.2, 0.25) is 0 Å². The van der Waals surface area contributed by atoms with E-state index in [4.69, 9.17) is 10.5 Å². The molecule has 1 aromatic heterocycles. The minimum Gasteiger partial charge on any atom is -0.466 e. The third kappa shape index (κ3) is 2.73. The van der Waals surface area contributed by atoms with Gasteiger partial charge in [0.1, 0.15) is 4.88 Å². The fourth-order valence-corrected chi connectivity index (χ4v) is 1.85. The Morgan fingerprint density at radius 2 is 2.12 bits per heavy atom. The second kappa shape index (κ2) is 4.98. The highest BCUT2D eigenvalue weighted by Gasteiger charge is 2.20. The van der Waals surface area contributed by atoms with Gasteiger partial charge in [0.2, 0.25) is 0 Å². The van der Waals surface area contributed by atoms with Crippen molar-refractivity contribution in [2.45, 2.75) is 20.0 Å². The summed E-state index contributed by atoms with van der Waals surface area (Å²) < 4.78 is 9.34. The van der Waals surface area contributed by atoms with Crippen molar-refractivity contribution in [2.24, 2.45) is 0 Å². The van der Waals surface area contributed by atoms with Gasteiger partial charge < -0.3 is 15.2 Å². The first-order valence-electron chi connectivity index (χ1n) is 4.60. The number of nitrogens with two attached hydrogens (primary N) is 1. The molecule has 0 aromatic carbocycles. The van der Waals surface area contributed by atoms with Crippen LogP contribution >= 0.6 is 11.3 Å². The van der Waals surface area contributed by atoms with Gasteiger partial charge in [0, 0.05) is 10.6 Å². The van der Waals surface area contributed by atoms with Crippen LogP contribution in [0.5, 0.6) is 0 Å². The molecule has 0 spiro atoms. The molecular formula is C10H13NO4S. The molecule has 0 aliphatic rings. The zero-order valence-electron chi connectivity index (χ0n) is 9.27. The van der Waals surface area contributed by atoms with E-state index in [1.165, 1.54) is 31.4 Å². The average molecular weight is 243 g/mol. The summed E-state index contributed by atoms with van der Waals surface area (Å²) in [6.07, 6.45) is -0.916. The molecule has 0 aliphatic heterocycles. The van der Waals surface area contributed by atoms with Gasteiger partial charge in [-0.3, -0.25) is 0 Å². The standard InChI is InChI=1S/C10H13NO4S/c1-5(9(12)14-3)15-10(13)8-4-7(11)6(2)16-8/h4-5H,11H2,1-3H3. The van der Waals surface area contributed by atoms with Gasteiger partial charge in [0.05, 0.1) is 7.11 Å². The fourth-order valence-electron chi connectivity index (χ4n) is 1.03. The van der Waals surface area contributed by atoms with E-state index in [9.17, 15) is 9.59 Å². The molecule has 1 heterocycles. The van der Waals surface area contributed by atoms with Crippen molar-refractivity contribution in [3.63, 3.8) is 0 Å². The smallest absolute Gasteiger partial charge is 0.349 e. The van der Waals surface area contributed by atoms with E-state index >= 15 is 0 Å². The molecule has 2 N–H and O–H groups in total. The SMILES string of the molecule is COC(=O)C(C)OC(=O)c1cc(N)c(C)s1. The lowest BCUT2D eigenvalue weighted by Crippen LogP contribution is -2.24. The van der Waals surface area contributed by atoms with E-state index in [0.717, 1.165) is 4.88 Å². The van der Waals surface area contributed by atoms with Gasteiger partial charge >= 0.3 is 11.9 Å². The van der Waals surface area contributed by atoms with E-state index in [1.807, 2.05) is 0 Å². The minimum atomic E-state index is -0.916. The molecule has 0 bridgehead atoms. The molecule has 0 amide bonds. The Morgan fingerprint density at radius 1 is 1.50 bits per heavy atom. The molecule has 1 rings (SSSR count). The Bertz CT molecular complexity index is 393. The highest BCUT2D eigenvalue weighted by molar-refractivity contribution is 7.14. The molecule has 0 saturated heterocycles. The summed E-state index contributed by atoms with van der Waals surface area (Å²) in [6, 6.07) is 1.53. The van der Waals surface area contributed by atoms with E-state index in [1.54, 1.807) is 6.92 Å². The van der Waals surface area contributed by atoms with Crippen molar-refractivity contribution in [1.82, 2.24) is 0 Å². The topological polar surface area (TPSA) is 78.6 Å². The summed E-state index contributed by atoms with van der Waals surface area (Å²) in [7, 11) is 1.24. The lowest BCUT2D eigenvalue weighted by molar-refractivity contribution is -0.149. The number of hydrogen-bond donors (Lipinski definition) is 1. The maximum atomic E-state index is 11.6. The lowest BCUT2D eigenvalue weighted by atomic mass is 10.3. The van der Waals surface area contributed by atoms with E-state index in [0.29, 0.717) is 10.6 Å². The molecule has 0 fully saturated rings. The minimum absolute atomic E-state index is 0.380. The first-order valence-corrected chi connectivity index (χ1v) is 5.42. The molecule has 0 radical (unpaired) electrons. The van der Waals surface area contributed by atoms with Gasteiger partial charge in [-0.25, -0.2) is 9.59 Å². The summed E-state index contributed by atoms with van der Waals surface area (Å²) in [5, 5.41) is 0. The second-order valence-electron chi connectivity index (χ2n) is 3.19. The zero-order valence-corrected chi connectivity index (χ0v) is 10.1. The Kier molecular flexibility index (Phi) is 3.89. The number of carbonyl (C=O) groups is 2. The fraction of sp³-hybridized carbons (Fsp3) is 0.400. The zero-order chi connectivity index (χ0) is 12.3. The first-order chi connectivity index (χ1) is 7.45. The van der Waals surface area contributed by atoms with Crippen LogP contribution in [0, 0.1) is 6.92 Å². The summed E-state index contributed by atoms with van der Waals surface area (Å²) >= 11 is 1.23. The second-order valence-corrected chi connectivity index (χ2v) is 4.45. The van der Waals surface area contributed by atoms with Crippen molar-refractivity contribution < 1.29 is 19.1 Å². The van der Waals surface area contributed by atoms with Gasteiger partial charge in [-0.15, -0.1) is 11.3 Å². The molecule has 0 aliphatic carbocycles. The van der Waals surface area contributed by atoms with E-state index in [-0.39, 0.29) is 0 Å². The van der Waals surface area contributed by atoms with Gasteiger partial charge in [-0.05, 0) is 19.9 Å². The summed E-state index contributed by atoms with van der Waals surface area (Å²) in [5.41, 5.74) is 6.15. The molecule has 1 atom stereocenters.